The number of esters is 2. The highest BCUT2D eigenvalue weighted by Crippen LogP contribution is 2.41. The number of allylic oxidation sites excluding steroid dienone is 1. The van der Waals surface area contributed by atoms with Crippen molar-refractivity contribution in [2.75, 3.05) is 13.7 Å². The van der Waals surface area contributed by atoms with Crippen molar-refractivity contribution >= 4 is 11.9 Å². The monoisotopic (exact) mass is 198 g/mol. The number of hydrogen-bond acceptors (Lipinski definition) is 4. The van der Waals surface area contributed by atoms with Crippen LogP contribution < -0.4 is 0 Å². The molecule has 1 rings (SSSR count). The smallest absolute Gasteiger partial charge is 0.417 e. The number of carbonyl (C=O) groups excluding carboxylic acids is 2. The molecule has 0 aromatic carbocycles. The molecule has 0 spiro atoms. The molecule has 0 amide bonds. The third kappa shape index (κ3) is 2.87. The van der Waals surface area contributed by atoms with Gasteiger partial charge in [-0.1, -0.05) is 6.08 Å². The highest BCUT2D eigenvalue weighted by Gasteiger charge is 2.33. The Morgan fingerprint density at radius 2 is 2.21 bits per heavy atom. The molecule has 14 heavy (non-hydrogen) atoms. The van der Waals surface area contributed by atoms with E-state index in [1.54, 1.807) is 0 Å². The Balaban J connectivity index is 2.07. The van der Waals surface area contributed by atoms with Gasteiger partial charge in [-0.2, -0.15) is 0 Å². The van der Waals surface area contributed by atoms with E-state index in [4.69, 9.17) is 4.74 Å². The Kier molecular flexibility index (Phi) is 3.68. The van der Waals surface area contributed by atoms with Gasteiger partial charge in [0.25, 0.3) is 0 Å². The van der Waals surface area contributed by atoms with Crippen LogP contribution in [0.1, 0.15) is 12.8 Å². The molecule has 1 fully saturated rings. The summed E-state index contributed by atoms with van der Waals surface area (Å²) in [6.45, 7) is 3.96. The number of carbonyl (C=O) groups is 2. The Morgan fingerprint density at radius 3 is 2.71 bits per heavy atom. The molecule has 0 heterocycles. The zero-order valence-electron chi connectivity index (χ0n) is 8.19. The molecule has 4 nitrogen and oxygen atoms in total. The number of rotatable bonds is 4. The van der Waals surface area contributed by atoms with Gasteiger partial charge < -0.3 is 9.47 Å². The van der Waals surface area contributed by atoms with Crippen LogP contribution in [-0.4, -0.2) is 25.7 Å². The molecule has 78 valence electrons. The van der Waals surface area contributed by atoms with Crippen LogP contribution in [0.25, 0.3) is 0 Å². The van der Waals surface area contributed by atoms with Crippen molar-refractivity contribution in [2.45, 2.75) is 12.8 Å². The molecule has 2 atom stereocenters. The second-order valence-corrected chi connectivity index (χ2v) is 3.31. The van der Waals surface area contributed by atoms with Gasteiger partial charge in [-0.25, -0.2) is 9.59 Å². The molecule has 1 aliphatic carbocycles. The average molecular weight is 198 g/mol. The van der Waals surface area contributed by atoms with Gasteiger partial charge in [0.15, 0.2) is 0 Å². The molecule has 1 aliphatic rings. The number of methoxy groups -OCH3 is 1. The van der Waals surface area contributed by atoms with E-state index >= 15 is 0 Å². The molecule has 0 aliphatic heterocycles. The van der Waals surface area contributed by atoms with Crippen molar-refractivity contribution in [3.8, 4) is 0 Å². The van der Waals surface area contributed by atoms with E-state index in [1.807, 2.05) is 6.08 Å². The zero-order valence-corrected chi connectivity index (χ0v) is 8.19. The van der Waals surface area contributed by atoms with Crippen molar-refractivity contribution < 1.29 is 19.1 Å². The summed E-state index contributed by atoms with van der Waals surface area (Å²) < 4.78 is 8.89. The van der Waals surface area contributed by atoms with Gasteiger partial charge in [-0.3, -0.25) is 0 Å². The molecule has 0 N–H and O–H groups in total. The van der Waals surface area contributed by atoms with Crippen LogP contribution >= 0.6 is 0 Å². The second-order valence-electron chi connectivity index (χ2n) is 3.31. The van der Waals surface area contributed by atoms with Gasteiger partial charge in [-0.15, -0.1) is 6.58 Å². The highest BCUT2D eigenvalue weighted by atomic mass is 16.6. The zero-order chi connectivity index (χ0) is 10.6. The van der Waals surface area contributed by atoms with Gasteiger partial charge in [0.2, 0.25) is 0 Å². The Hall–Kier alpha value is -1.32. The topological polar surface area (TPSA) is 52.6 Å². The minimum absolute atomic E-state index is 0.281. The summed E-state index contributed by atoms with van der Waals surface area (Å²) >= 11 is 0. The van der Waals surface area contributed by atoms with Crippen LogP contribution in [-0.2, 0) is 19.1 Å². The fourth-order valence-electron chi connectivity index (χ4n) is 1.34. The van der Waals surface area contributed by atoms with Crippen molar-refractivity contribution in [3.63, 3.8) is 0 Å². The summed E-state index contributed by atoms with van der Waals surface area (Å²) in [4.78, 5) is 21.4. The van der Waals surface area contributed by atoms with Gasteiger partial charge in [0, 0.05) is 0 Å². The number of ether oxygens (including phenoxy) is 2. The fourth-order valence-corrected chi connectivity index (χ4v) is 1.34. The maximum absolute atomic E-state index is 10.8. The average Bonchev–Trinajstić information content (AvgIpc) is 2.95. The molecule has 0 saturated heterocycles. The molecule has 1 saturated carbocycles. The Morgan fingerprint density at radius 1 is 1.50 bits per heavy atom. The van der Waals surface area contributed by atoms with Crippen molar-refractivity contribution in [3.05, 3.63) is 12.7 Å². The van der Waals surface area contributed by atoms with Crippen LogP contribution in [0, 0.1) is 11.8 Å². The van der Waals surface area contributed by atoms with Gasteiger partial charge >= 0.3 is 11.9 Å². The fraction of sp³-hybridized carbons (Fsp3) is 0.600. The van der Waals surface area contributed by atoms with Gasteiger partial charge in [0.1, 0.15) is 0 Å². The first-order chi connectivity index (χ1) is 6.69. The predicted molar refractivity (Wildman–Crippen MR) is 49.4 cm³/mol. The summed E-state index contributed by atoms with van der Waals surface area (Å²) in [6.07, 6.45) is 3.81. The Labute approximate surface area is 82.9 Å². The van der Waals surface area contributed by atoms with E-state index < -0.39 is 11.9 Å². The maximum Gasteiger partial charge on any atom is 0.417 e. The predicted octanol–water partition coefficient (Wildman–Crippen LogP) is 0.915. The Bertz CT molecular complexity index is 247. The standard InChI is InChI=1S/C10H14O4/c1-3-7-6-8(7)4-5-14-10(12)9(11)13-2/h3,7-8H,1,4-6H2,2H3. The lowest BCUT2D eigenvalue weighted by Gasteiger charge is -2.01. The van der Waals surface area contributed by atoms with Crippen LogP contribution in [0.4, 0.5) is 0 Å². The highest BCUT2D eigenvalue weighted by molar-refractivity contribution is 6.29. The van der Waals surface area contributed by atoms with Crippen LogP contribution in [0.2, 0.25) is 0 Å². The molecule has 0 bridgehead atoms. The SMILES string of the molecule is C=CC1CC1CCOC(=O)C(=O)OC. The first kappa shape index (κ1) is 10.8. The number of hydrogen-bond donors (Lipinski definition) is 0. The minimum Gasteiger partial charge on any atom is -0.461 e. The minimum atomic E-state index is -0.943. The van der Waals surface area contributed by atoms with Crippen LogP contribution in [0.5, 0.6) is 0 Å². The van der Waals surface area contributed by atoms with Crippen molar-refractivity contribution in [2.24, 2.45) is 11.8 Å². The first-order valence-electron chi connectivity index (χ1n) is 4.56. The summed E-state index contributed by atoms with van der Waals surface area (Å²) in [6, 6.07) is 0. The second kappa shape index (κ2) is 4.79. The van der Waals surface area contributed by atoms with Gasteiger partial charge in [-0.05, 0) is 24.7 Å². The quantitative estimate of drug-likeness (QED) is 0.383. The molecular formula is C10H14O4. The summed E-state index contributed by atoms with van der Waals surface area (Å²) in [5.74, 6) is -0.728. The summed E-state index contributed by atoms with van der Waals surface area (Å²) in [5, 5.41) is 0. The normalized spacial score (nSPS) is 23.8. The lowest BCUT2D eigenvalue weighted by Crippen LogP contribution is -2.19. The molecule has 0 radical (unpaired) electrons. The molecule has 2 unspecified atom stereocenters. The molecular weight excluding hydrogens is 184 g/mol. The van der Waals surface area contributed by atoms with E-state index in [0.717, 1.165) is 20.0 Å². The summed E-state index contributed by atoms with van der Waals surface area (Å²) in [7, 11) is 1.15. The molecule has 4 heteroatoms. The van der Waals surface area contributed by atoms with E-state index in [0.29, 0.717) is 11.8 Å². The lowest BCUT2D eigenvalue weighted by molar-refractivity contribution is -0.166. The molecule has 0 aromatic rings. The van der Waals surface area contributed by atoms with Gasteiger partial charge in [0.05, 0.1) is 13.7 Å². The third-order valence-corrected chi connectivity index (χ3v) is 2.35. The summed E-state index contributed by atoms with van der Waals surface area (Å²) in [5.41, 5.74) is 0. The largest absolute Gasteiger partial charge is 0.461 e. The maximum atomic E-state index is 10.8. The first-order valence-corrected chi connectivity index (χ1v) is 4.56. The van der Waals surface area contributed by atoms with Crippen LogP contribution in [0.15, 0.2) is 12.7 Å². The van der Waals surface area contributed by atoms with E-state index in [1.165, 1.54) is 0 Å². The van der Waals surface area contributed by atoms with Crippen molar-refractivity contribution in [1.29, 1.82) is 0 Å². The van der Waals surface area contributed by atoms with E-state index in [9.17, 15) is 9.59 Å². The van der Waals surface area contributed by atoms with Crippen molar-refractivity contribution in [1.82, 2.24) is 0 Å². The molecule has 0 aromatic heterocycles. The third-order valence-electron chi connectivity index (χ3n) is 2.35. The lowest BCUT2D eigenvalue weighted by atomic mass is 10.2. The van der Waals surface area contributed by atoms with E-state index in [2.05, 4.69) is 11.3 Å². The van der Waals surface area contributed by atoms with E-state index in [-0.39, 0.29) is 6.61 Å². The van der Waals surface area contributed by atoms with Crippen LogP contribution in [0.3, 0.4) is 0 Å².